The minimum atomic E-state index is -4.58. The standard InChI is InChI=1S/C23H28F3N3O4S/c1-4-29(5-2)34(31,32)21-14-16(8-11-20(21)33-3)22(30)27-18-15-17(23(24,25)26)9-10-19(18)28-12-6-7-13-28/h8-11,14-15H,4-7,12-13H2,1-3H3,(H,27,30). The molecule has 186 valence electrons. The third-order valence-electron chi connectivity index (χ3n) is 5.77. The number of nitrogens with zero attached hydrogens (tertiary/aromatic N) is 2. The van der Waals surface area contributed by atoms with E-state index in [0.717, 1.165) is 25.0 Å². The van der Waals surface area contributed by atoms with Crippen molar-refractivity contribution < 1.29 is 31.1 Å². The highest BCUT2D eigenvalue weighted by Gasteiger charge is 2.32. The van der Waals surface area contributed by atoms with Crippen molar-refractivity contribution in [1.82, 2.24) is 4.31 Å². The molecule has 1 amide bonds. The Labute approximate surface area is 197 Å². The van der Waals surface area contributed by atoms with Crippen LogP contribution in [0, 0.1) is 0 Å². The topological polar surface area (TPSA) is 79.0 Å². The van der Waals surface area contributed by atoms with Gasteiger partial charge >= 0.3 is 6.18 Å². The first kappa shape index (κ1) is 25.8. The van der Waals surface area contributed by atoms with E-state index in [0.29, 0.717) is 18.8 Å². The number of methoxy groups -OCH3 is 1. The van der Waals surface area contributed by atoms with Gasteiger partial charge in [0.15, 0.2) is 0 Å². The summed E-state index contributed by atoms with van der Waals surface area (Å²) in [5, 5.41) is 2.56. The van der Waals surface area contributed by atoms with Crippen LogP contribution in [-0.4, -0.2) is 51.9 Å². The van der Waals surface area contributed by atoms with Gasteiger partial charge in [-0.3, -0.25) is 4.79 Å². The van der Waals surface area contributed by atoms with Gasteiger partial charge in [0.25, 0.3) is 5.91 Å². The fourth-order valence-electron chi connectivity index (χ4n) is 3.96. The van der Waals surface area contributed by atoms with E-state index in [9.17, 15) is 26.4 Å². The van der Waals surface area contributed by atoms with Crippen LogP contribution in [0.5, 0.6) is 5.75 Å². The molecule has 0 bridgehead atoms. The number of ether oxygens (including phenoxy) is 1. The second-order valence-corrected chi connectivity index (χ2v) is 9.74. The second kappa shape index (κ2) is 10.2. The average Bonchev–Trinajstić information content (AvgIpc) is 3.33. The Kier molecular flexibility index (Phi) is 7.77. The summed E-state index contributed by atoms with van der Waals surface area (Å²) in [6.45, 7) is 5.17. The molecule has 1 saturated heterocycles. The molecule has 1 aliphatic heterocycles. The summed E-state index contributed by atoms with van der Waals surface area (Å²) >= 11 is 0. The van der Waals surface area contributed by atoms with Crippen LogP contribution in [0.3, 0.4) is 0 Å². The number of anilines is 2. The van der Waals surface area contributed by atoms with E-state index in [1.807, 2.05) is 4.90 Å². The van der Waals surface area contributed by atoms with Gasteiger partial charge in [0.1, 0.15) is 10.6 Å². The number of alkyl halides is 3. The molecule has 2 aromatic carbocycles. The molecule has 11 heteroatoms. The molecule has 7 nitrogen and oxygen atoms in total. The number of sulfonamides is 1. The summed E-state index contributed by atoms with van der Waals surface area (Å²) in [5.41, 5.74) is -0.393. The molecule has 0 aromatic heterocycles. The number of hydrogen-bond acceptors (Lipinski definition) is 5. The highest BCUT2D eigenvalue weighted by molar-refractivity contribution is 7.89. The third-order valence-corrected chi connectivity index (χ3v) is 7.84. The number of halogens is 3. The molecule has 1 N–H and O–H groups in total. The van der Waals surface area contributed by atoms with Crippen molar-refractivity contribution in [3.05, 3.63) is 47.5 Å². The molecule has 0 radical (unpaired) electrons. The van der Waals surface area contributed by atoms with E-state index in [2.05, 4.69) is 5.32 Å². The molecular weight excluding hydrogens is 471 g/mol. The fraction of sp³-hybridized carbons (Fsp3) is 0.435. The van der Waals surface area contributed by atoms with Crippen molar-refractivity contribution in [2.75, 3.05) is 43.5 Å². The van der Waals surface area contributed by atoms with Gasteiger partial charge in [-0.15, -0.1) is 0 Å². The largest absolute Gasteiger partial charge is 0.495 e. The predicted molar refractivity (Wildman–Crippen MR) is 124 cm³/mol. The monoisotopic (exact) mass is 499 g/mol. The van der Waals surface area contributed by atoms with Crippen molar-refractivity contribution in [3.63, 3.8) is 0 Å². The van der Waals surface area contributed by atoms with Crippen molar-refractivity contribution in [3.8, 4) is 5.75 Å². The summed E-state index contributed by atoms with van der Waals surface area (Å²) in [6.07, 6.45) is -2.77. The van der Waals surface area contributed by atoms with Crippen molar-refractivity contribution in [2.24, 2.45) is 0 Å². The number of hydrogen-bond donors (Lipinski definition) is 1. The molecule has 3 rings (SSSR count). The van der Waals surface area contributed by atoms with Gasteiger partial charge in [0.2, 0.25) is 10.0 Å². The van der Waals surface area contributed by atoms with Gasteiger partial charge < -0.3 is 15.0 Å². The Morgan fingerprint density at radius 3 is 2.29 bits per heavy atom. The summed E-state index contributed by atoms with van der Waals surface area (Å²) in [4.78, 5) is 14.8. The molecule has 1 heterocycles. The zero-order chi connectivity index (χ0) is 25.1. The summed E-state index contributed by atoms with van der Waals surface area (Å²) < 4.78 is 72.6. The molecule has 2 aromatic rings. The van der Waals surface area contributed by atoms with Gasteiger partial charge in [0.05, 0.1) is 24.0 Å². The number of benzene rings is 2. The van der Waals surface area contributed by atoms with Gasteiger partial charge in [-0.05, 0) is 49.2 Å². The maximum atomic E-state index is 13.3. The summed E-state index contributed by atoms with van der Waals surface area (Å²) in [7, 11) is -2.63. The SMILES string of the molecule is CCN(CC)S(=O)(=O)c1cc(C(=O)Nc2cc(C(F)(F)F)ccc2N2CCCC2)ccc1OC. The van der Waals surface area contributed by atoms with Crippen LogP contribution in [0.15, 0.2) is 41.3 Å². The number of carbonyl (C=O) groups is 1. The number of amides is 1. The van der Waals surface area contributed by atoms with Crippen LogP contribution >= 0.6 is 0 Å². The van der Waals surface area contributed by atoms with Crippen molar-refractivity contribution in [1.29, 1.82) is 0 Å². The van der Waals surface area contributed by atoms with Crippen LogP contribution in [0.25, 0.3) is 0 Å². The number of carbonyl (C=O) groups excluding carboxylic acids is 1. The van der Waals surface area contributed by atoms with Gasteiger partial charge in [0, 0.05) is 31.7 Å². The zero-order valence-electron chi connectivity index (χ0n) is 19.3. The maximum absolute atomic E-state index is 13.3. The maximum Gasteiger partial charge on any atom is 0.416 e. The molecule has 0 aliphatic carbocycles. The molecule has 0 unspecified atom stereocenters. The van der Waals surface area contributed by atoms with E-state index in [4.69, 9.17) is 4.74 Å². The Morgan fingerprint density at radius 2 is 1.74 bits per heavy atom. The molecule has 0 spiro atoms. The first-order chi connectivity index (χ1) is 16.0. The van der Waals surface area contributed by atoms with Crippen molar-refractivity contribution >= 4 is 27.3 Å². The Hall–Kier alpha value is -2.79. The molecule has 0 atom stereocenters. The normalized spacial score (nSPS) is 14.5. The molecule has 1 fully saturated rings. The zero-order valence-corrected chi connectivity index (χ0v) is 20.1. The Bertz CT molecular complexity index is 1140. The van der Waals surface area contributed by atoms with Crippen LogP contribution in [-0.2, 0) is 16.2 Å². The lowest BCUT2D eigenvalue weighted by molar-refractivity contribution is -0.137. The van der Waals surface area contributed by atoms with Crippen LogP contribution < -0.4 is 15.0 Å². The van der Waals surface area contributed by atoms with E-state index in [-0.39, 0.29) is 35.0 Å². The first-order valence-corrected chi connectivity index (χ1v) is 12.4. The fourth-order valence-corrected chi connectivity index (χ4v) is 5.60. The minimum absolute atomic E-state index is 0.0173. The lowest BCUT2D eigenvalue weighted by atomic mass is 10.1. The minimum Gasteiger partial charge on any atom is -0.495 e. The van der Waals surface area contributed by atoms with Crippen molar-refractivity contribution in [2.45, 2.75) is 37.8 Å². The summed E-state index contributed by atoms with van der Waals surface area (Å²) in [6, 6.07) is 7.17. The predicted octanol–water partition coefficient (Wildman–Crippen LogP) is 4.60. The molecule has 1 aliphatic rings. The molecule has 0 saturated carbocycles. The lowest BCUT2D eigenvalue weighted by Gasteiger charge is -2.23. The Morgan fingerprint density at radius 1 is 1.09 bits per heavy atom. The Balaban J connectivity index is 2.01. The van der Waals surface area contributed by atoms with Crippen LogP contribution in [0.1, 0.15) is 42.6 Å². The van der Waals surface area contributed by atoms with Gasteiger partial charge in [-0.1, -0.05) is 13.8 Å². The van der Waals surface area contributed by atoms with E-state index in [1.54, 1.807) is 13.8 Å². The van der Waals surface area contributed by atoms with Crippen LogP contribution in [0.4, 0.5) is 24.5 Å². The lowest BCUT2D eigenvalue weighted by Crippen LogP contribution is -2.31. The van der Waals surface area contributed by atoms with E-state index < -0.39 is 27.7 Å². The first-order valence-electron chi connectivity index (χ1n) is 11.0. The number of nitrogens with one attached hydrogen (secondary N) is 1. The van der Waals surface area contributed by atoms with Gasteiger partial charge in [-0.2, -0.15) is 17.5 Å². The highest BCUT2D eigenvalue weighted by Crippen LogP contribution is 2.37. The highest BCUT2D eigenvalue weighted by atomic mass is 32.2. The van der Waals surface area contributed by atoms with E-state index >= 15 is 0 Å². The summed E-state index contributed by atoms with van der Waals surface area (Å²) in [5.74, 6) is -0.654. The molecule has 34 heavy (non-hydrogen) atoms. The third kappa shape index (κ3) is 5.30. The second-order valence-electron chi connectivity index (χ2n) is 7.83. The van der Waals surface area contributed by atoms with Crippen LogP contribution in [0.2, 0.25) is 0 Å². The average molecular weight is 500 g/mol. The van der Waals surface area contributed by atoms with E-state index in [1.165, 1.54) is 35.7 Å². The number of rotatable bonds is 8. The quantitative estimate of drug-likeness (QED) is 0.575. The smallest absolute Gasteiger partial charge is 0.416 e. The van der Waals surface area contributed by atoms with Gasteiger partial charge in [-0.25, -0.2) is 8.42 Å². The molecular formula is C23H28F3N3O4S.